The van der Waals surface area contributed by atoms with Gasteiger partial charge in [0, 0.05) is 30.4 Å². The van der Waals surface area contributed by atoms with Gasteiger partial charge in [-0.1, -0.05) is 45.2 Å². The van der Waals surface area contributed by atoms with Gasteiger partial charge in [0.2, 0.25) is 0 Å². The van der Waals surface area contributed by atoms with Crippen LogP contribution >= 0.6 is 0 Å². The molecule has 8 nitrogen and oxygen atoms in total. The molecule has 4 N–H and O–H groups in total. The van der Waals surface area contributed by atoms with Crippen LogP contribution in [0.1, 0.15) is 39.5 Å². The molecule has 0 aliphatic rings. The van der Waals surface area contributed by atoms with Crippen LogP contribution in [0.5, 0.6) is 0 Å². The quantitative estimate of drug-likeness (QED) is 0.189. The Kier molecular flexibility index (Phi) is 31.2. The number of aliphatic hydroxyl groups is 2. The fourth-order valence-electron chi connectivity index (χ4n) is 0.777. The second-order valence-corrected chi connectivity index (χ2v) is 5.16. The van der Waals surface area contributed by atoms with Crippen LogP contribution in [-0.4, -0.2) is 58.2 Å². The molecule has 162 valence electrons. The SMILES string of the molecule is C=C(C)C(=O)O.C=C(C)C(=O)O.C=CCOC(=O)C=C.OCCCCCCO. The lowest BCUT2D eigenvalue weighted by molar-refractivity contribution is -0.136. The van der Waals surface area contributed by atoms with Gasteiger partial charge in [0.05, 0.1) is 0 Å². The number of hydrogen-bond donors (Lipinski definition) is 4. The molecule has 0 atom stereocenters. The van der Waals surface area contributed by atoms with E-state index in [1.54, 1.807) is 0 Å². The van der Waals surface area contributed by atoms with E-state index in [9.17, 15) is 14.4 Å². The summed E-state index contributed by atoms with van der Waals surface area (Å²) >= 11 is 0. The zero-order valence-electron chi connectivity index (χ0n) is 16.9. The topological polar surface area (TPSA) is 141 Å². The van der Waals surface area contributed by atoms with Crippen molar-refractivity contribution in [1.82, 2.24) is 0 Å². The van der Waals surface area contributed by atoms with Crippen molar-refractivity contribution in [2.24, 2.45) is 0 Å². The molecule has 28 heavy (non-hydrogen) atoms. The van der Waals surface area contributed by atoms with Crippen LogP contribution in [0.15, 0.2) is 49.6 Å². The number of carboxylic acid groups (broad SMARTS) is 2. The van der Waals surface area contributed by atoms with Crippen molar-refractivity contribution in [1.29, 1.82) is 0 Å². The predicted molar refractivity (Wildman–Crippen MR) is 109 cm³/mol. The van der Waals surface area contributed by atoms with Crippen molar-refractivity contribution in [3.05, 3.63) is 49.6 Å². The number of esters is 1. The summed E-state index contributed by atoms with van der Waals surface area (Å²) in [6.45, 7) is 16.6. The van der Waals surface area contributed by atoms with Gasteiger partial charge in [0.1, 0.15) is 6.61 Å². The molecule has 0 saturated carbocycles. The van der Waals surface area contributed by atoms with E-state index in [-0.39, 0.29) is 31.0 Å². The van der Waals surface area contributed by atoms with Crippen molar-refractivity contribution in [2.75, 3.05) is 19.8 Å². The number of ether oxygens (including phenoxy) is 1. The van der Waals surface area contributed by atoms with Gasteiger partial charge >= 0.3 is 17.9 Å². The number of aliphatic carboxylic acids is 2. The number of carboxylic acids is 2. The third-order valence-electron chi connectivity index (χ3n) is 2.31. The van der Waals surface area contributed by atoms with Crippen LogP contribution in [0.4, 0.5) is 0 Å². The Balaban J connectivity index is -0.000000139. The van der Waals surface area contributed by atoms with E-state index in [1.165, 1.54) is 19.9 Å². The van der Waals surface area contributed by atoms with Crippen molar-refractivity contribution in [2.45, 2.75) is 39.5 Å². The largest absolute Gasteiger partial charge is 0.478 e. The minimum atomic E-state index is -0.935. The summed E-state index contributed by atoms with van der Waals surface area (Å²) < 4.78 is 4.47. The zero-order valence-corrected chi connectivity index (χ0v) is 16.9. The van der Waals surface area contributed by atoms with Crippen molar-refractivity contribution >= 4 is 17.9 Å². The summed E-state index contributed by atoms with van der Waals surface area (Å²) in [6, 6.07) is 0. The van der Waals surface area contributed by atoms with Crippen molar-refractivity contribution in [3.8, 4) is 0 Å². The number of unbranched alkanes of at least 4 members (excludes halogenated alkanes) is 3. The highest BCUT2D eigenvalue weighted by molar-refractivity contribution is 5.85. The normalized spacial score (nSPS) is 8.14. The molecule has 0 aliphatic heterocycles. The molecule has 0 saturated heterocycles. The van der Waals surface area contributed by atoms with E-state index >= 15 is 0 Å². The molecule has 0 bridgehead atoms. The lowest BCUT2D eigenvalue weighted by Gasteiger charge is -1.93. The molecule has 0 aromatic carbocycles. The first kappa shape index (κ1) is 32.9. The standard InChI is InChI=1S/C6H8O2.C6H14O2.2C4H6O2/c1-3-5-8-6(7)4-2;7-5-3-1-2-4-6-8;2*1-3(2)4(5)6/h3-4H,1-2,5H2;7-8H,1-6H2;2*1H2,2H3,(H,5,6). The summed E-state index contributed by atoms with van der Waals surface area (Å²) in [4.78, 5) is 29.4. The van der Waals surface area contributed by atoms with Crippen LogP contribution in [0, 0.1) is 0 Å². The van der Waals surface area contributed by atoms with Gasteiger partial charge < -0.3 is 25.2 Å². The Bertz CT molecular complexity index is 427. The van der Waals surface area contributed by atoms with Gasteiger partial charge in [-0.05, 0) is 26.7 Å². The second-order valence-electron chi connectivity index (χ2n) is 5.16. The Morgan fingerprint density at radius 1 is 0.821 bits per heavy atom. The first-order valence-electron chi connectivity index (χ1n) is 8.41. The highest BCUT2D eigenvalue weighted by Gasteiger charge is 1.91. The summed E-state index contributed by atoms with van der Waals surface area (Å²) in [5.74, 6) is -2.28. The summed E-state index contributed by atoms with van der Waals surface area (Å²) in [7, 11) is 0. The average molecular weight is 402 g/mol. The highest BCUT2D eigenvalue weighted by atomic mass is 16.5. The fraction of sp³-hybridized carbons (Fsp3) is 0.450. The average Bonchev–Trinajstić information content (AvgIpc) is 2.64. The van der Waals surface area contributed by atoms with Crippen LogP contribution < -0.4 is 0 Å². The first-order valence-corrected chi connectivity index (χ1v) is 8.41. The maximum atomic E-state index is 10.2. The summed E-state index contributed by atoms with van der Waals surface area (Å²) in [5, 5.41) is 32.4. The molecule has 0 fully saturated rings. The van der Waals surface area contributed by atoms with Gasteiger partial charge in [-0.3, -0.25) is 0 Å². The fourth-order valence-corrected chi connectivity index (χ4v) is 0.777. The Morgan fingerprint density at radius 3 is 1.32 bits per heavy atom. The minimum absolute atomic E-state index is 0.176. The van der Waals surface area contributed by atoms with Gasteiger partial charge in [0.15, 0.2) is 0 Å². The van der Waals surface area contributed by atoms with E-state index in [0.29, 0.717) is 0 Å². The van der Waals surface area contributed by atoms with Crippen LogP contribution in [0.25, 0.3) is 0 Å². The van der Waals surface area contributed by atoms with E-state index in [4.69, 9.17) is 20.4 Å². The Hall–Kier alpha value is -2.71. The lowest BCUT2D eigenvalue weighted by atomic mass is 10.2. The highest BCUT2D eigenvalue weighted by Crippen LogP contribution is 1.96. The number of rotatable bonds is 10. The molecular weight excluding hydrogens is 368 g/mol. The van der Waals surface area contributed by atoms with Gasteiger partial charge in [-0.25, -0.2) is 14.4 Å². The lowest BCUT2D eigenvalue weighted by Crippen LogP contribution is -1.98. The maximum Gasteiger partial charge on any atom is 0.330 e. The number of carbonyl (C=O) groups is 3. The molecule has 0 unspecified atom stereocenters. The zero-order chi connectivity index (χ0) is 23.0. The Morgan fingerprint density at radius 2 is 1.14 bits per heavy atom. The maximum absolute atomic E-state index is 10.2. The second kappa shape index (κ2) is 26.5. The Labute approximate surface area is 167 Å². The smallest absolute Gasteiger partial charge is 0.330 e. The number of aliphatic hydroxyl groups excluding tert-OH is 2. The molecule has 0 rings (SSSR count). The molecular formula is C20H34O8. The molecule has 0 aromatic rings. The van der Waals surface area contributed by atoms with E-state index < -0.39 is 17.9 Å². The third kappa shape index (κ3) is 43.6. The van der Waals surface area contributed by atoms with Crippen LogP contribution in [-0.2, 0) is 19.1 Å². The number of hydrogen-bond acceptors (Lipinski definition) is 6. The van der Waals surface area contributed by atoms with Gasteiger partial charge in [-0.15, -0.1) is 0 Å². The summed E-state index contributed by atoms with van der Waals surface area (Å²) in [6.07, 6.45) is 6.44. The monoisotopic (exact) mass is 402 g/mol. The van der Waals surface area contributed by atoms with Crippen LogP contribution in [0.3, 0.4) is 0 Å². The minimum Gasteiger partial charge on any atom is -0.478 e. The van der Waals surface area contributed by atoms with Crippen molar-refractivity contribution < 1.29 is 39.5 Å². The summed E-state index contributed by atoms with van der Waals surface area (Å²) in [5.41, 5.74) is 0.352. The molecule has 0 heterocycles. The molecule has 8 heteroatoms. The van der Waals surface area contributed by atoms with E-state index in [1.807, 2.05) is 0 Å². The van der Waals surface area contributed by atoms with Gasteiger partial charge in [-0.2, -0.15) is 0 Å². The number of carbonyl (C=O) groups excluding carboxylic acids is 1. The molecule has 0 aromatic heterocycles. The van der Waals surface area contributed by atoms with Crippen molar-refractivity contribution in [3.63, 3.8) is 0 Å². The van der Waals surface area contributed by atoms with E-state index in [0.717, 1.165) is 31.8 Å². The predicted octanol–water partition coefficient (Wildman–Crippen LogP) is 2.73. The molecule has 0 amide bonds. The molecule has 0 spiro atoms. The molecule has 0 aliphatic carbocycles. The van der Waals surface area contributed by atoms with Gasteiger partial charge in [0.25, 0.3) is 0 Å². The van der Waals surface area contributed by atoms with Crippen LogP contribution in [0.2, 0.25) is 0 Å². The molecule has 0 radical (unpaired) electrons. The first-order chi connectivity index (χ1) is 13.0. The third-order valence-corrected chi connectivity index (χ3v) is 2.31. The van der Waals surface area contributed by atoms with E-state index in [2.05, 4.69) is 31.1 Å².